The van der Waals surface area contributed by atoms with E-state index in [0.717, 1.165) is 20.5 Å². The van der Waals surface area contributed by atoms with Crippen molar-refractivity contribution >= 4 is 51.1 Å². The third-order valence-corrected chi connectivity index (χ3v) is 8.95. The van der Waals surface area contributed by atoms with Gasteiger partial charge in [-0.15, -0.1) is 11.8 Å². The highest BCUT2D eigenvalue weighted by atomic mass is 79.9. The van der Waals surface area contributed by atoms with Crippen molar-refractivity contribution in [2.45, 2.75) is 31.4 Å². The lowest BCUT2D eigenvalue weighted by molar-refractivity contribution is -0.139. The van der Waals surface area contributed by atoms with Crippen LogP contribution in [0.15, 0.2) is 97.2 Å². The van der Waals surface area contributed by atoms with Gasteiger partial charge in [-0.05, 0) is 68.1 Å². The fourth-order valence-corrected chi connectivity index (χ4v) is 6.53. The smallest absolute Gasteiger partial charge is 0.338 e. The number of hydrogen-bond donors (Lipinski definition) is 0. The van der Waals surface area contributed by atoms with Crippen molar-refractivity contribution in [1.82, 2.24) is 4.57 Å². The fourth-order valence-electron chi connectivity index (χ4n) is 4.71. The van der Waals surface area contributed by atoms with Crippen molar-refractivity contribution in [3.05, 3.63) is 124 Å². The minimum absolute atomic E-state index is 0.196. The lowest BCUT2D eigenvalue weighted by Gasteiger charge is -2.24. The second kappa shape index (κ2) is 12.9. The first-order valence-electron chi connectivity index (χ1n) is 13.1. The summed E-state index contributed by atoms with van der Waals surface area (Å²) in [6, 6.07) is 22.2. The molecule has 2 heterocycles. The number of carbonyl (C=O) groups excluding carboxylic acids is 1. The summed E-state index contributed by atoms with van der Waals surface area (Å²) in [7, 11) is 0. The molecule has 1 aliphatic heterocycles. The van der Waals surface area contributed by atoms with Crippen molar-refractivity contribution in [2.24, 2.45) is 4.99 Å². The summed E-state index contributed by atoms with van der Waals surface area (Å²) < 4.78 is 14.4. The highest BCUT2D eigenvalue weighted by Gasteiger charge is 2.33. The van der Waals surface area contributed by atoms with Gasteiger partial charge in [0.15, 0.2) is 4.80 Å². The number of carbonyl (C=O) groups is 1. The minimum atomic E-state index is -0.681. The highest BCUT2D eigenvalue weighted by Crippen LogP contribution is 2.32. The van der Waals surface area contributed by atoms with E-state index in [1.807, 2.05) is 66.9 Å². The van der Waals surface area contributed by atoms with Crippen LogP contribution in [-0.4, -0.2) is 23.4 Å². The highest BCUT2D eigenvalue weighted by molar-refractivity contribution is 9.10. The van der Waals surface area contributed by atoms with Crippen LogP contribution < -0.4 is 19.6 Å². The molecule has 0 saturated heterocycles. The number of thiazole rings is 1. The molecule has 3 aromatic carbocycles. The summed E-state index contributed by atoms with van der Waals surface area (Å²) in [5.41, 5.74) is 3.38. The van der Waals surface area contributed by atoms with E-state index in [4.69, 9.17) is 9.47 Å². The number of benzene rings is 3. The molecule has 0 spiro atoms. The van der Waals surface area contributed by atoms with Gasteiger partial charge in [0, 0.05) is 20.5 Å². The van der Waals surface area contributed by atoms with Crippen LogP contribution in [0.4, 0.5) is 0 Å². The molecule has 0 saturated carbocycles. The zero-order valence-corrected chi connectivity index (χ0v) is 26.3. The second-order valence-electron chi connectivity index (χ2n) is 9.32. The van der Waals surface area contributed by atoms with E-state index in [2.05, 4.69) is 27.0 Å². The Bertz CT molecular complexity index is 1920. The molecule has 0 aliphatic carbocycles. The first kappa shape index (κ1) is 29.6. The number of esters is 1. The predicted molar refractivity (Wildman–Crippen MR) is 168 cm³/mol. The zero-order valence-electron chi connectivity index (χ0n) is 23.1. The number of halogens is 1. The summed E-state index contributed by atoms with van der Waals surface area (Å²) in [5, 5.41) is 9.45. The zero-order chi connectivity index (χ0) is 29.8. The van der Waals surface area contributed by atoms with E-state index in [1.54, 1.807) is 42.3 Å². The number of ether oxygens (including phenoxy) is 2. The van der Waals surface area contributed by atoms with E-state index >= 15 is 0 Å². The number of rotatable bonds is 8. The quantitative estimate of drug-likeness (QED) is 0.177. The number of allylic oxidation sites excluding steroid dienone is 1. The largest absolute Gasteiger partial charge is 0.488 e. The van der Waals surface area contributed by atoms with E-state index in [1.165, 1.54) is 11.3 Å². The normalized spacial score (nSPS) is 14.6. The number of aromatic nitrogens is 1. The Morgan fingerprint density at radius 1 is 1.19 bits per heavy atom. The Hall–Kier alpha value is -3.91. The van der Waals surface area contributed by atoms with Gasteiger partial charge in [0.25, 0.3) is 5.56 Å². The summed E-state index contributed by atoms with van der Waals surface area (Å²) in [4.78, 5) is 33.4. The van der Waals surface area contributed by atoms with Gasteiger partial charge in [-0.2, -0.15) is 5.26 Å². The average molecular weight is 661 g/mol. The molecule has 5 rings (SSSR count). The number of nitrogens with zero attached hydrogens (tertiary/aromatic N) is 3. The molecule has 0 fully saturated rings. The molecule has 1 atom stereocenters. The van der Waals surface area contributed by atoms with Gasteiger partial charge in [0.05, 0.1) is 40.1 Å². The van der Waals surface area contributed by atoms with Gasteiger partial charge in [-0.25, -0.2) is 9.79 Å². The van der Waals surface area contributed by atoms with Gasteiger partial charge >= 0.3 is 5.97 Å². The van der Waals surface area contributed by atoms with Gasteiger partial charge in [0.1, 0.15) is 12.4 Å². The summed E-state index contributed by atoms with van der Waals surface area (Å²) >= 11 is 6.39. The first-order valence-corrected chi connectivity index (χ1v) is 15.9. The first-order chi connectivity index (χ1) is 20.3. The van der Waals surface area contributed by atoms with Gasteiger partial charge < -0.3 is 9.47 Å². The number of fused-ring (bicyclic) bond motifs is 1. The van der Waals surface area contributed by atoms with Crippen LogP contribution in [0.5, 0.6) is 5.75 Å². The number of hydrogen-bond acceptors (Lipinski definition) is 8. The Labute approximate surface area is 259 Å². The maximum Gasteiger partial charge on any atom is 0.338 e. The topological polar surface area (TPSA) is 93.7 Å². The second-order valence-corrected chi connectivity index (χ2v) is 12.1. The molecule has 1 aliphatic rings. The molecule has 0 amide bonds. The van der Waals surface area contributed by atoms with Crippen LogP contribution >= 0.6 is 39.0 Å². The molecule has 42 heavy (non-hydrogen) atoms. The molecule has 0 bridgehead atoms. The molecule has 4 aromatic rings. The van der Waals surface area contributed by atoms with E-state index in [9.17, 15) is 14.9 Å². The van der Waals surface area contributed by atoms with Crippen LogP contribution in [0, 0.1) is 11.3 Å². The molecule has 0 unspecified atom stereocenters. The van der Waals surface area contributed by atoms with Crippen LogP contribution in [0.2, 0.25) is 0 Å². The van der Waals surface area contributed by atoms with Gasteiger partial charge in [0.2, 0.25) is 0 Å². The van der Waals surface area contributed by atoms with Crippen LogP contribution in [0.3, 0.4) is 0 Å². The van der Waals surface area contributed by atoms with Crippen LogP contribution in [-0.2, 0) is 16.1 Å². The third-order valence-electron chi connectivity index (χ3n) is 6.73. The van der Waals surface area contributed by atoms with Crippen LogP contribution in [0.25, 0.3) is 6.08 Å². The fraction of sp³-hybridized carbons (Fsp3) is 0.188. The predicted octanol–water partition coefficient (Wildman–Crippen LogP) is 5.73. The van der Waals surface area contributed by atoms with E-state index < -0.39 is 12.0 Å². The van der Waals surface area contributed by atoms with Crippen LogP contribution in [0.1, 0.15) is 42.1 Å². The molecule has 7 nitrogen and oxygen atoms in total. The maximum absolute atomic E-state index is 14.0. The number of nitriles is 1. The SMILES string of the molecule is CCOC(=O)C1=C(C)N=c2s/c(=C\c3cc(Br)ccc3OCc3ccccc3C#N)c(=O)n2[C@H]1c1ccc(SC)cc1. The van der Waals surface area contributed by atoms with Crippen molar-refractivity contribution in [2.75, 3.05) is 12.9 Å². The molecule has 0 N–H and O–H groups in total. The molecular weight excluding hydrogens is 634 g/mol. The number of thioether (sulfide) groups is 1. The minimum Gasteiger partial charge on any atom is -0.488 e. The molecule has 212 valence electrons. The van der Waals surface area contributed by atoms with E-state index in [-0.39, 0.29) is 18.8 Å². The van der Waals surface area contributed by atoms with Crippen molar-refractivity contribution in [3.8, 4) is 11.8 Å². The third kappa shape index (κ3) is 6.00. The molecule has 0 radical (unpaired) electrons. The van der Waals surface area contributed by atoms with Gasteiger partial charge in [-0.1, -0.05) is 57.6 Å². The Morgan fingerprint density at radius 2 is 1.95 bits per heavy atom. The van der Waals surface area contributed by atoms with Gasteiger partial charge in [-0.3, -0.25) is 9.36 Å². The average Bonchev–Trinajstić information content (AvgIpc) is 3.30. The molecule has 10 heteroatoms. The maximum atomic E-state index is 14.0. The van der Waals surface area contributed by atoms with Crippen molar-refractivity contribution in [1.29, 1.82) is 5.26 Å². The monoisotopic (exact) mass is 659 g/mol. The Morgan fingerprint density at radius 3 is 2.67 bits per heavy atom. The molecule has 1 aromatic heterocycles. The lowest BCUT2D eigenvalue weighted by atomic mass is 9.96. The Kier molecular flexibility index (Phi) is 9.12. The van der Waals surface area contributed by atoms with Crippen molar-refractivity contribution in [3.63, 3.8) is 0 Å². The summed E-state index contributed by atoms with van der Waals surface area (Å²) in [6.07, 6.45) is 3.77. The Balaban J connectivity index is 1.62. The van der Waals surface area contributed by atoms with Crippen molar-refractivity contribution < 1.29 is 14.3 Å². The standard InChI is InChI=1S/C32H26BrN3O4S2/c1-4-39-31(38)28-19(2)35-32-36(29(28)20-9-12-25(41-3)13-10-20)30(37)27(42-32)16-23-15-24(33)11-14-26(23)40-18-22-8-6-5-7-21(22)17-34/h5-16,29H,4,18H2,1-3H3/b27-16-/t29-/m0/s1. The lowest BCUT2D eigenvalue weighted by Crippen LogP contribution is -2.39. The van der Waals surface area contributed by atoms with E-state index in [0.29, 0.717) is 37.5 Å². The molecular formula is C32H26BrN3O4S2. The summed E-state index contributed by atoms with van der Waals surface area (Å²) in [6.45, 7) is 3.93. The summed E-state index contributed by atoms with van der Waals surface area (Å²) in [5.74, 6) is 0.0664.